The van der Waals surface area contributed by atoms with Crippen molar-refractivity contribution in [1.82, 2.24) is 4.98 Å². The van der Waals surface area contributed by atoms with Crippen molar-refractivity contribution in [3.05, 3.63) is 52.3 Å². The van der Waals surface area contributed by atoms with Crippen LogP contribution >= 0.6 is 0 Å². The number of methoxy groups -OCH3 is 2. The minimum Gasteiger partial charge on any atom is -0.496 e. The molecule has 1 atom stereocenters. The van der Waals surface area contributed by atoms with Crippen LogP contribution in [0.3, 0.4) is 0 Å². The molecule has 158 valence electrons. The van der Waals surface area contributed by atoms with Gasteiger partial charge in [-0.3, -0.25) is 9.78 Å². The molecule has 1 aromatic carbocycles. The Kier molecular flexibility index (Phi) is 8.50. The molecule has 0 aliphatic heterocycles. The van der Waals surface area contributed by atoms with Crippen molar-refractivity contribution in [2.24, 2.45) is 0 Å². The van der Waals surface area contributed by atoms with E-state index in [0.29, 0.717) is 0 Å². The number of aromatic nitrogens is 1. The Morgan fingerprint density at radius 1 is 1.00 bits per heavy atom. The molecule has 0 saturated heterocycles. The van der Waals surface area contributed by atoms with Gasteiger partial charge in [0.1, 0.15) is 11.5 Å². The van der Waals surface area contributed by atoms with Gasteiger partial charge in [0.05, 0.1) is 14.2 Å². The van der Waals surface area contributed by atoms with Crippen molar-refractivity contribution in [3.63, 3.8) is 0 Å². The van der Waals surface area contributed by atoms with Gasteiger partial charge in [0.2, 0.25) is 0 Å². The van der Waals surface area contributed by atoms with Crippen molar-refractivity contribution >= 4 is 5.97 Å². The average molecular weight is 400 g/mol. The monoisotopic (exact) mass is 399 g/mol. The quantitative estimate of drug-likeness (QED) is 0.500. The summed E-state index contributed by atoms with van der Waals surface area (Å²) >= 11 is 0. The molecular formula is C24H33NO4. The Labute approximate surface area is 174 Å². The smallest absolute Gasteiger partial charge is 0.303 e. The van der Waals surface area contributed by atoms with Crippen LogP contribution in [0.4, 0.5) is 0 Å². The predicted molar refractivity (Wildman–Crippen MR) is 115 cm³/mol. The van der Waals surface area contributed by atoms with Crippen LogP contribution in [0.1, 0.15) is 72.3 Å². The third-order valence-electron chi connectivity index (χ3n) is 5.71. The summed E-state index contributed by atoms with van der Waals surface area (Å²) in [5, 5.41) is 8.81. The average Bonchev–Trinajstić information content (AvgIpc) is 2.71. The standard InChI is InChI=1S/C24H33NO4/c1-16-17(2)24(29-5)22(18(3)23(16)28-4)20(19-11-10-14-25-15-19)12-8-6-7-9-13-21(26)27/h10-11,14-15,20H,6-9,12-13H2,1-5H3,(H,26,27). The van der Waals surface area contributed by atoms with E-state index in [-0.39, 0.29) is 12.3 Å². The highest BCUT2D eigenvalue weighted by Crippen LogP contribution is 2.45. The Morgan fingerprint density at radius 3 is 2.24 bits per heavy atom. The number of nitrogens with zero attached hydrogens (tertiary/aromatic N) is 1. The lowest BCUT2D eigenvalue weighted by Gasteiger charge is -2.26. The molecule has 0 bridgehead atoms. The highest BCUT2D eigenvalue weighted by molar-refractivity contribution is 5.66. The number of carboxylic acids is 1. The molecule has 1 unspecified atom stereocenters. The molecule has 0 aliphatic carbocycles. The van der Waals surface area contributed by atoms with Gasteiger partial charge in [-0.15, -0.1) is 0 Å². The van der Waals surface area contributed by atoms with Crippen LogP contribution in [0.5, 0.6) is 11.5 Å². The van der Waals surface area contributed by atoms with Gasteiger partial charge in [-0.05, 0) is 61.9 Å². The molecule has 5 heteroatoms. The minimum absolute atomic E-state index is 0.145. The summed E-state index contributed by atoms with van der Waals surface area (Å²) in [4.78, 5) is 15.0. The molecule has 0 radical (unpaired) electrons. The maximum Gasteiger partial charge on any atom is 0.303 e. The number of hydrogen-bond acceptors (Lipinski definition) is 4. The van der Waals surface area contributed by atoms with E-state index < -0.39 is 5.97 Å². The number of carbonyl (C=O) groups is 1. The van der Waals surface area contributed by atoms with Crippen LogP contribution in [-0.4, -0.2) is 30.3 Å². The molecule has 0 spiro atoms. The molecule has 2 rings (SSSR count). The second-order valence-electron chi connectivity index (χ2n) is 7.54. The summed E-state index contributed by atoms with van der Waals surface area (Å²) in [7, 11) is 3.44. The first kappa shape index (κ1) is 22.7. The number of ether oxygens (including phenoxy) is 2. The Morgan fingerprint density at radius 2 is 1.66 bits per heavy atom. The Balaban J connectivity index is 2.37. The highest BCUT2D eigenvalue weighted by Gasteiger charge is 2.26. The number of rotatable bonds is 11. The van der Waals surface area contributed by atoms with Crippen LogP contribution in [0.15, 0.2) is 24.5 Å². The van der Waals surface area contributed by atoms with E-state index in [0.717, 1.165) is 71.4 Å². The first-order chi connectivity index (χ1) is 13.9. The lowest BCUT2D eigenvalue weighted by Crippen LogP contribution is -2.10. The van der Waals surface area contributed by atoms with E-state index in [2.05, 4.69) is 31.8 Å². The topological polar surface area (TPSA) is 68.7 Å². The molecule has 0 amide bonds. The van der Waals surface area contributed by atoms with Crippen LogP contribution < -0.4 is 9.47 Å². The lowest BCUT2D eigenvalue weighted by molar-refractivity contribution is -0.137. The van der Waals surface area contributed by atoms with Gasteiger partial charge in [-0.25, -0.2) is 0 Å². The van der Waals surface area contributed by atoms with Crippen LogP contribution in [0.25, 0.3) is 0 Å². The van der Waals surface area contributed by atoms with E-state index in [1.165, 1.54) is 0 Å². The lowest BCUT2D eigenvalue weighted by atomic mass is 9.82. The van der Waals surface area contributed by atoms with Gasteiger partial charge < -0.3 is 14.6 Å². The fraction of sp³-hybridized carbons (Fsp3) is 0.500. The number of aliphatic carboxylic acids is 1. The predicted octanol–water partition coefficient (Wildman–Crippen LogP) is 5.58. The maximum absolute atomic E-state index is 10.7. The fourth-order valence-electron chi connectivity index (χ4n) is 4.14. The normalized spacial score (nSPS) is 11.9. The fourth-order valence-corrected chi connectivity index (χ4v) is 4.14. The van der Waals surface area contributed by atoms with E-state index in [4.69, 9.17) is 14.6 Å². The van der Waals surface area contributed by atoms with Gasteiger partial charge in [-0.2, -0.15) is 0 Å². The molecular weight excluding hydrogens is 366 g/mol. The highest BCUT2D eigenvalue weighted by atomic mass is 16.5. The zero-order chi connectivity index (χ0) is 21.4. The molecule has 0 saturated carbocycles. The van der Waals surface area contributed by atoms with E-state index in [1.807, 2.05) is 12.3 Å². The van der Waals surface area contributed by atoms with Crippen LogP contribution in [0, 0.1) is 20.8 Å². The minimum atomic E-state index is -0.721. The Hall–Kier alpha value is -2.56. The van der Waals surface area contributed by atoms with Gasteiger partial charge in [0.25, 0.3) is 0 Å². The second-order valence-corrected chi connectivity index (χ2v) is 7.54. The van der Waals surface area contributed by atoms with Gasteiger partial charge >= 0.3 is 5.97 Å². The number of carboxylic acid groups (broad SMARTS) is 1. The van der Waals surface area contributed by atoms with E-state index in [9.17, 15) is 4.79 Å². The van der Waals surface area contributed by atoms with Crippen molar-refractivity contribution in [2.45, 2.75) is 65.2 Å². The van der Waals surface area contributed by atoms with Crippen molar-refractivity contribution < 1.29 is 19.4 Å². The molecule has 2 aromatic rings. The largest absolute Gasteiger partial charge is 0.496 e. The molecule has 1 N–H and O–H groups in total. The van der Waals surface area contributed by atoms with Crippen molar-refractivity contribution in [3.8, 4) is 11.5 Å². The molecule has 5 nitrogen and oxygen atoms in total. The number of pyridine rings is 1. The third-order valence-corrected chi connectivity index (χ3v) is 5.71. The zero-order valence-corrected chi connectivity index (χ0v) is 18.2. The first-order valence-corrected chi connectivity index (χ1v) is 10.3. The molecule has 29 heavy (non-hydrogen) atoms. The number of unbranched alkanes of at least 4 members (excludes halogenated alkanes) is 3. The number of benzene rings is 1. The SMILES string of the molecule is COc1c(C)c(C)c(OC)c(C(CCCCCCC(=O)O)c2cccnc2)c1C. The van der Waals surface area contributed by atoms with Gasteiger partial charge in [0.15, 0.2) is 0 Å². The molecule has 1 heterocycles. The maximum atomic E-state index is 10.7. The summed E-state index contributed by atoms with van der Waals surface area (Å²) in [6.07, 6.45) is 8.58. The van der Waals surface area contributed by atoms with E-state index >= 15 is 0 Å². The van der Waals surface area contributed by atoms with Gasteiger partial charge in [0, 0.05) is 30.3 Å². The summed E-state index contributed by atoms with van der Waals surface area (Å²) < 4.78 is 11.6. The van der Waals surface area contributed by atoms with Gasteiger partial charge in [-0.1, -0.05) is 25.3 Å². The molecule has 1 aromatic heterocycles. The summed E-state index contributed by atoms with van der Waals surface area (Å²) in [6, 6.07) is 4.08. The summed E-state index contributed by atoms with van der Waals surface area (Å²) in [5.74, 6) is 1.25. The molecule has 0 aliphatic rings. The summed E-state index contributed by atoms with van der Waals surface area (Å²) in [5.41, 5.74) is 5.62. The van der Waals surface area contributed by atoms with E-state index in [1.54, 1.807) is 20.4 Å². The first-order valence-electron chi connectivity index (χ1n) is 10.3. The zero-order valence-electron chi connectivity index (χ0n) is 18.2. The summed E-state index contributed by atoms with van der Waals surface area (Å²) in [6.45, 7) is 6.24. The third kappa shape index (κ3) is 5.49. The van der Waals surface area contributed by atoms with Crippen LogP contribution in [0.2, 0.25) is 0 Å². The van der Waals surface area contributed by atoms with Crippen molar-refractivity contribution in [1.29, 1.82) is 0 Å². The second kappa shape index (κ2) is 10.8. The molecule has 0 fully saturated rings. The number of hydrogen-bond donors (Lipinski definition) is 1. The van der Waals surface area contributed by atoms with Crippen molar-refractivity contribution in [2.75, 3.05) is 14.2 Å². The Bertz CT molecular complexity index is 818. The van der Waals surface area contributed by atoms with Crippen LogP contribution in [-0.2, 0) is 4.79 Å².